The molecule has 0 nitrogen and oxygen atoms in total. The summed E-state index contributed by atoms with van der Waals surface area (Å²) in [6.45, 7) is 18.1. The van der Waals surface area contributed by atoms with E-state index in [9.17, 15) is 0 Å². The van der Waals surface area contributed by atoms with Gasteiger partial charge in [0.2, 0.25) is 0 Å². The zero-order valence-corrected chi connectivity index (χ0v) is 25.7. The van der Waals surface area contributed by atoms with E-state index in [1.54, 1.807) is 23.3 Å². The maximum Gasteiger partial charge on any atom is -0.0576 e. The van der Waals surface area contributed by atoms with Gasteiger partial charge in [-0.2, -0.15) is 0 Å². The molecule has 0 bridgehead atoms. The summed E-state index contributed by atoms with van der Waals surface area (Å²) in [6.07, 6.45) is 0. The first-order valence-electron chi connectivity index (χ1n) is 10.9. The second-order valence-corrected chi connectivity index (χ2v) is 18.3. The van der Waals surface area contributed by atoms with Crippen molar-refractivity contribution >= 4 is 27.0 Å². The summed E-state index contributed by atoms with van der Waals surface area (Å²) in [4.78, 5) is 0. The molecule has 4 heteroatoms. The Kier molecular flexibility index (Phi) is 14.3. The second kappa shape index (κ2) is 14.6. The van der Waals surface area contributed by atoms with Crippen molar-refractivity contribution in [1.82, 2.24) is 0 Å². The van der Waals surface area contributed by atoms with Gasteiger partial charge in [-0.3, -0.25) is 0 Å². The van der Waals surface area contributed by atoms with Crippen LogP contribution in [0.1, 0.15) is 61.8 Å². The van der Waals surface area contributed by atoms with Crippen LogP contribution in [-0.4, -0.2) is 5.43 Å². The van der Waals surface area contributed by atoms with Crippen LogP contribution >= 0.6 is 0 Å². The Bertz CT molecular complexity index is 1030. The van der Waals surface area contributed by atoms with Gasteiger partial charge in [0.25, 0.3) is 0 Å². The van der Waals surface area contributed by atoms with Crippen LogP contribution in [0.5, 0.6) is 0 Å². The van der Waals surface area contributed by atoms with E-state index in [-0.39, 0.29) is 30.2 Å². The smallest absolute Gasteiger partial charge is 0.0576 e. The number of benzene rings is 2. The van der Waals surface area contributed by atoms with Gasteiger partial charge >= 0.3 is 41.9 Å². The fraction of sp³-hybridized carbons (Fsp3) is 0.357. The molecular weight excluding hydrogens is 527 g/mol. The van der Waals surface area contributed by atoms with Crippen LogP contribution in [-0.2, 0) is 23.3 Å². The Morgan fingerprint density at radius 2 is 0.938 bits per heavy atom. The van der Waals surface area contributed by atoms with E-state index >= 15 is 0 Å². The molecule has 0 N–H and O–H groups in total. The summed E-state index contributed by atoms with van der Waals surface area (Å²) in [5, 5.41) is 5.61. The van der Waals surface area contributed by atoms with E-state index in [1.807, 2.05) is 0 Å². The van der Waals surface area contributed by atoms with Crippen molar-refractivity contribution in [2.75, 3.05) is 0 Å². The summed E-state index contributed by atoms with van der Waals surface area (Å²) < 4.78 is 0. The van der Waals surface area contributed by atoms with Crippen LogP contribution in [0.25, 0.3) is 21.5 Å². The predicted octanol–water partition coefficient (Wildman–Crippen LogP) is 2.77. The number of halogens is 2. The third kappa shape index (κ3) is 8.28. The molecule has 172 valence electrons. The van der Waals surface area contributed by atoms with Gasteiger partial charge in [-0.1, -0.05) is 65.5 Å². The molecule has 0 aliphatic rings. The molecule has 0 aliphatic heterocycles. The summed E-state index contributed by atoms with van der Waals surface area (Å²) in [5.74, 6) is 1.25. The van der Waals surface area contributed by atoms with Gasteiger partial charge in [-0.15, -0.1) is 92.3 Å². The molecule has 0 unspecified atom stereocenters. The van der Waals surface area contributed by atoms with Crippen molar-refractivity contribution in [2.24, 2.45) is 0 Å². The van der Waals surface area contributed by atoms with Gasteiger partial charge in [0.15, 0.2) is 0 Å². The number of fused-ring (bicyclic) bond motifs is 2. The molecule has 4 aromatic rings. The second-order valence-electron chi connectivity index (χ2n) is 8.97. The van der Waals surface area contributed by atoms with E-state index < -0.39 is 0 Å². The molecule has 32 heavy (non-hydrogen) atoms. The molecule has 0 spiro atoms. The van der Waals surface area contributed by atoms with Gasteiger partial charge < -0.3 is 24.8 Å². The van der Waals surface area contributed by atoms with Gasteiger partial charge in [0.05, 0.1) is 0 Å². The zero-order valence-electron chi connectivity index (χ0n) is 20.7. The molecule has 0 radical (unpaired) electrons. The Labute approximate surface area is 223 Å². The van der Waals surface area contributed by atoms with Crippen LogP contribution in [0.4, 0.5) is 0 Å². The number of aryl methyl sites for hydroxylation is 2. The van der Waals surface area contributed by atoms with E-state index in [4.69, 9.17) is 0 Å². The molecule has 4 rings (SSSR count). The third-order valence-electron chi connectivity index (χ3n) is 5.25. The van der Waals surface area contributed by atoms with Crippen LogP contribution in [0.2, 0.25) is 13.1 Å². The normalized spacial score (nSPS) is 10.1. The first-order valence-corrected chi connectivity index (χ1v) is 17.1. The van der Waals surface area contributed by atoms with Crippen molar-refractivity contribution < 1.29 is 48.1 Å². The molecule has 0 aromatic heterocycles. The van der Waals surface area contributed by atoms with Gasteiger partial charge in [0.1, 0.15) is 0 Å². The Morgan fingerprint density at radius 3 is 1.22 bits per heavy atom. The molecule has 0 saturated carbocycles. The fourth-order valence-corrected chi connectivity index (χ4v) is 4.32. The standard InChI is InChI=1S/2C13H15.C2H6Si.2ClH.Zr/c2*1-9(2)13-10(3)8-11-6-4-5-7-12(11)13;1-3-2;;;/h2*4-9H,1-3H3;1-2H3;2*1H;/q2*-1;;;;+2/p-2. The number of hydrogen-bond acceptors (Lipinski definition) is 0. The molecule has 4 aromatic carbocycles. The van der Waals surface area contributed by atoms with Gasteiger partial charge in [0, 0.05) is 0 Å². The number of hydrogen-bond donors (Lipinski definition) is 0. The molecule has 0 fully saturated rings. The minimum atomic E-state index is 0. The van der Waals surface area contributed by atoms with Crippen molar-refractivity contribution in [1.29, 1.82) is 0 Å². The Morgan fingerprint density at radius 1 is 0.656 bits per heavy atom. The number of rotatable bonds is 2. The van der Waals surface area contributed by atoms with Crippen LogP contribution in [0.15, 0.2) is 60.7 Å². The summed E-state index contributed by atoms with van der Waals surface area (Å²) in [5.41, 5.74) is 6.08. The van der Waals surface area contributed by atoms with Crippen molar-refractivity contribution in [3.8, 4) is 0 Å². The monoisotopic (exact) mass is 560 g/mol. The predicted molar refractivity (Wildman–Crippen MR) is 134 cm³/mol. The molecule has 0 aliphatic carbocycles. The molecular formula is C28H36Cl2SiZr-2. The van der Waals surface area contributed by atoms with Crippen LogP contribution in [0, 0.1) is 13.8 Å². The first-order chi connectivity index (χ1) is 14.1. The summed E-state index contributed by atoms with van der Waals surface area (Å²) in [6, 6.07) is 21.8. The van der Waals surface area contributed by atoms with Crippen LogP contribution in [0.3, 0.4) is 0 Å². The SMILES string of the molecule is C[Si](C)=[Zr+2].Cc1[cH-]c2ccccc2c1C(C)C.Cc1[cH-]c2ccccc2c1C(C)C.[Cl-].[Cl-]. The Hall–Kier alpha value is -0.660. The summed E-state index contributed by atoms with van der Waals surface area (Å²) >= 11 is 1.74. The average Bonchev–Trinajstić information content (AvgIpc) is 3.16. The quantitative estimate of drug-likeness (QED) is 0.261. The maximum atomic E-state index is 2.31. The average molecular weight is 563 g/mol. The van der Waals surface area contributed by atoms with Crippen molar-refractivity contribution in [3.05, 3.63) is 82.9 Å². The Balaban J connectivity index is 0.000000490. The fourth-order valence-electron chi connectivity index (χ4n) is 4.32. The van der Waals surface area contributed by atoms with E-state index in [2.05, 4.69) is 115 Å². The molecule has 0 heterocycles. The van der Waals surface area contributed by atoms with Crippen molar-refractivity contribution in [3.63, 3.8) is 0 Å². The molecule has 0 amide bonds. The molecule has 0 saturated heterocycles. The van der Waals surface area contributed by atoms with E-state index in [0.29, 0.717) is 11.8 Å². The van der Waals surface area contributed by atoms with Crippen LogP contribution < -0.4 is 24.8 Å². The van der Waals surface area contributed by atoms with Gasteiger partial charge in [-0.05, 0) is 0 Å². The van der Waals surface area contributed by atoms with E-state index in [0.717, 1.165) is 0 Å². The third-order valence-corrected chi connectivity index (χ3v) is 5.25. The maximum absolute atomic E-state index is 2.31. The summed E-state index contributed by atoms with van der Waals surface area (Å²) in [7, 11) is 0. The zero-order chi connectivity index (χ0) is 22.4. The largest absolute Gasteiger partial charge is 1.00 e. The van der Waals surface area contributed by atoms with E-state index in [1.165, 1.54) is 43.8 Å². The van der Waals surface area contributed by atoms with Crippen molar-refractivity contribution in [2.45, 2.75) is 66.5 Å². The van der Waals surface area contributed by atoms with Gasteiger partial charge in [-0.25, -0.2) is 0 Å². The molecule has 0 atom stereocenters. The minimum Gasteiger partial charge on any atom is -1.00 e. The minimum absolute atomic E-state index is 0. The topological polar surface area (TPSA) is 0 Å². The first kappa shape index (κ1) is 31.3.